The van der Waals surface area contributed by atoms with Crippen LogP contribution in [0.15, 0.2) is 37.1 Å². The summed E-state index contributed by atoms with van der Waals surface area (Å²) in [5, 5.41) is 4.43. The summed E-state index contributed by atoms with van der Waals surface area (Å²) in [4.78, 5) is 32.1. The summed E-state index contributed by atoms with van der Waals surface area (Å²) in [6, 6.07) is 3.45. The lowest BCUT2D eigenvalue weighted by atomic mass is 10.2. The molecule has 5 rings (SSSR count). The SMILES string of the molecule is CCn1ncc(-c2nc3c(OC4CCN(C(=O)c5ccncc5)C4)ncnc3n2C)c1C. The quantitative estimate of drug-likeness (QED) is 0.476. The monoisotopic (exact) mass is 432 g/mol. The van der Waals surface area contributed by atoms with Gasteiger partial charge in [-0.2, -0.15) is 10.1 Å². The van der Waals surface area contributed by atoms with Gasteiger partial charge in [-0.05, 0) is 26.0 Å². The topological polar surface area (TPSA) is 104 Å². The average molecular weight is 432 g/mol. The van der Waals surface area contributed by atoms with Gasteiger partial charge in [0, 0.05) is 50.2 Å². The molecule has 0 bridgehead atoms. The molecule has 0 spiro atoms. The number of amides is 1. The predicted molar refractivity (Wildman–Crippen MR) is 117 cm³/mol. The van der Waals surface area contributed by atoms with Gasteiger partial charge in [-0.1, -0.05) is 0 Å². The third-order valence-electron chi connectivity index (χ3n) is 5.90. The molecule has 1 saturated heterocycles. The van der Waals surface area contributed by atoms with Crippen LogP contribution in [0, 0.1) is 6.92 Å². The van der Waals surface area contributed by atoms with Crippen molar-refractivity contribution in [1.29, 1.82) is 0 Å². The number of nitrogens with zero attached hydrogens (tertiary/aromatic N) is 8. The first-order chi connectivity index (χ1) is 15.6. The second kappa shape index (κ2) is 8.03. The van der Waals surface area contributed by atoms with Crippen molar-refractivity contribution in [1.82, 2.24) is 39.2 Å². The van der Waals surface area contributed by atoms with E-state index in [4.69, 9.17) is 9.72 Å². The minimum atomic E-state index is -0.158. The normalized spacial score (nSPS) is 16.1. The molecule has 1 aliphatic heterocycles. The molecule has 1 atom stereocenters. The zero-order valence-corrected chi connectivity index (χ0v) is 18.3. The molecule has 1 aliphatic rings. The number of carbonyl (C=O) groups excluding carboxylic acids is 1. The van der Waals surface area contributed by atoms with Gasteiger partial charge in [-0.3, -0.25) is 14.5 Å². The van der Waals surface area contributed by atoms with Crippen LogP contribution < -0.4 is 4.74 Å². The van der Waals surface area contributed by atoms with E-state index < -0.39 is 0 Å². The molecule has 0 radical (unpaired) electrons. The van der Waals surface area contributed by atoms with E-state index in [0.29, 0.717) is 35.7 Å². The molecule has 4 aromatic rings. The highest BCUT2D eigenvalue weighted by Gasteiger charge is 2.30. The van der Waals surface area contributed by atoms with Gasteiger partial charge < -0.3 is 14.2 Å². The fourth-order valence-electron chi connectivity index (χ4n) is 4.13. The molecule has 5 heterocycles. The third-order valence-corrected chi connectivity index (χ3v) is 5.90. The minimum absolute atomic E-state index is 0.0186. The first-order valence-electron chi connectivity index (χ1n) is 10.6. The summed E-state index contributed by atoms with van der Waals surface area (Å²) in [6.07, 6.45) is 7.13. The van der Waals surface area contributed by atoms with Crippen molar-refractivity contribution in [2.24, 2.45) is 7.05 Å². The first-order valence-corrected chi connectivity index (χ1v) is 10.6. The smallest absolute Gasteiger partial charge is 0.254 e. The molecule has 0 aromatic carbocycles. The summed E-state index contributed by atoms with van der Waals surface area (Å²) in [7, 11) is 1.93. The molecule has 0 N–H and O–H groups in total. The van der Waals surface area contributed by atoms with Crippen LogP contribution in [0.3, 0.4) is 0 Å². The highest BCUT2D eigenvalue weighted by atomic mass is 16.5. The van der Waals surface area contributed by atoms with Gasteiger partial charge in [0.15, 0.2) is 11.2 Å². The fourth-order valence-corrected chi connectivity index (χ4v) is 4.13. The van der Waals surface area contributed by atoms with Gasteiger partial charge >= 0.3 is 0 Å². The number of carbonyl (C=O) groups is 1. The van der Waals surface area contributed by atoms with Gasteiger partial charge in [0.25, 0.3) is 5.91 Å². The lowest BCUT2D eigenvalue weighted by Crippen LogP contribution is -2.31. The Balaban J connectivity index is 1.39. The van der Waals surface area contributed by atoms with E-state index in [1.165, 1.54) is 6.33 Å². The summed E-state index contributed by atoms with van der Waals surface area (Å²) >= 11 is 0. The van der Waals surface area contributed by atoms with E-state index >= 15 is 0 Å². The highest BCUT2D eigenvalue weighted by molar-refractivity contribution is 5.94. The third kappa shape index (κ3) is 3.37. The van der Waals surface area contributed by atoms with Crippen LogP contribution in [0.5, 0.6) is 5.88 Å². The Kier molecular flexibility index (Phi) is 5.04. The maximum absolute atomic E-state index is 12.7. The van der Waals surface area contributed by atoms with Gasteiger partial charge in [-0.25, -0.2) is 9.97 Å². The zero-order chi connectivity index (χ0) is 22.2. The maximum atomic E-state index is 12.7. The molecule has 164 valence electrons. The van der Waals surface area contributed by atoms with Crippen molar-refractivity contribution in [2.45, 2.75) is 32.9 Å². The summed E-state index contributed by atoms with van der Waals surface area (Å²) in [5.74, 6) is 1.18. The average Bonchev–Trinajstić information content (AvgIpc) is 3.52. The number of rotatable bonds is 5. The Morgan fingerprint density at radius 3 is 2.81 bits per heavy atom. The van der Waals surface area contributed by atoms with Gasteiger partial charge in [-0.15, -0.1) is 0 Å². The van der Waals surface area contributed by atoms with Gasteiger partial charge in [0.1, 0.15) is 18.3 Å². The predicted octanol–water partition coefficient (Wildman–Crippen LogP) is 2.24. The summed E-state index contributed by atoms with van der Waals surface area (Å²) in [5.41, 5.74) is 3.92. The number of ether oxygens (including phenoxy) is 1. The van der Waals surface area contributed by atoms with Crippen molar-refractivity contribution >= 4 is 17.1 Å². The van der Waals surface area contributed by atoms with Crippen LogP contribution in [0.1, 0.15) is 29.4 Å². The van der Waals surface area contributed by atoms with Crippen LogP contribution in [0.25, 0.3) is 22.6 Å². The molecule has 4 aromatic heterocycles. The second-order valence-corrected chi connectivity index (χ2v) is 7.82. The van der Waals surface area contributed by atoms with Crippen LogP contribution in [0.2, 0.25) is 0 Å². The van der Waals surface area contributed by atoms with Crippen LogP contribution in [-0.4, -0.2) is 64.3 Å². The number of aryl methyl sites for hydroxylation is 2. The number of hydrogen-bond donors (Lipinski definition) is 0. The Labute approximate surface area is 184 Å². The van der Waals surface area contributed by atoms with Crippen LogP contribution >= 0.6 is 0 Å². The second-order valence-electron chi connectivity index (χ2n) is 7.82. The van der Waals surface area contributed by atoms with Gasteiger partial charge in [0.2, 0.25) is 5.88 Å². The Morgan fingerprint density at radius 1 is 1.25 bits per heavy atom. The van der Waals surface area contributed by atoms with Crippen LogP contribution in [-0.2, 0) is 13.6 Å². The lowest BCUT2D eigenvalue weighted by Gasteiger charge is -2.17. The maximum Gasteiger partial charge on any atom is 0.254 e. The molecule has 1 unspecified atom stereocenters. The minimum Gasteiger partial charge on any atom is -0.471 e. The highest BCUT2D eigenvalue weighted by Crippen LogP contribution is 2.30. The largest absolute Gasteiger partial charge is 0.471 e. The first kappa shape index (κ1) is 20.1. The Hall–Kier alpha value is -3.82. The number of likely N-dealkylation sites (tertiary alicyclic amines) is 1. The molecular formula is C22H24N8O2. The molecule has 32 heavy (non-hydrogen) atoms. The molecule has 10 heteroatoms. The molecule has 10 nitrogen and oxygen atoms in total. The number of imidazole rings is 1. The summed E-state index contributed by atoms with van der Waals surface area (Å²) in [6.45, 7) is 6.00. The van der Waals surface area contributed by atoms with E-state index in [9.17, 15) is 4.79 Å². The van der Waals surface area contributed by atoms with Crippen molar-refractivity contribution in [3.8, 4) is 17.3 Å². The van der Waals surface area contributed by atoms with Crippen molar-refractivity contribution in [3.63, 3.8) is 0 Å². The van der Waals surface area contributed by atoms with Gasteiger partial charge in [0.05, 0.1) is 18.3 Å². The summed E-state index contributed by atoms with van der Waals surface area (Å²) < 4.78 is 10.1. The number of pyridine rings is 1. The molecular weight excluding hydrogens is 408 g/mol. The van der Waals surface area contributed by atoms with E-state index in [-0.39, 0.29) is 12.0 Å². The zero-order valence-electron chi connectivity index (χ0n) is 18.3. The molecule has 0 saturated carbocycles. The van der Waals surface area contributed by atoms with Crippen molar-refractivity contribution in [3.05, 3.63) is 48.3 Å². The van der Waals surface area contributed by atoms with E-state index in [2.05, 4.69) is 27.0 Å². The lowest BCUT2D eigenvalue weighted by molar-refractivity contribution is 0.0771. The van der Waals surface area contributed by atoms with E-state index in [1.807, 2.05) is 29.4 Å². The number of fused-ring (bicyclic) bond motifs is 1. The van der Waals surface area contributed by atoms with E-state index in [0.717, 1.165) is 30.0 Å². The molecule has 1 fully saturated rings. The molecule has 1 amide bonds. The standard InChI is InChI=1S/C22H24N8O2/c1-4-30-14(2)17(11-26-30)19-27-18-20(28(19)3)24-13-25-21(18)32-16-7-10-29(12-16)22(31)15-5-8-23-9-6-15/h5-6,8-9,11,13,16H,4,7,10,12H2,1-3H3. The fraction of sp³-hybridized carbons (Fsp3) is 0.364. The number of hydrogen-bond acceptors (Lipinski definition) is 7. The van der Waals surface area contributed by atoms with Crippen molar-refractivity contribution in [2.75, 3.05) is 13.1 Å². The molecule has 0 aliphatic carbocycles. The van der Waals surface area contributed by atoms with Crippen molar-refractivity contribution < 1.29 is 9.53 Å². The Morgan fingerprint density at radius 2 is 2.06 bits per heavy atom. The van der Waals surface area contributed by atoms with Crippen LogP contribution in [0.4, 0.5) is 0 Å². The Bertz CT molecular complexity index is 1280. The van der Waals surface area contributed by atoms with E-state index in [1.54, 1.807) is 29.4 Å². The number of aromatic nitrogens is 7.